The van der Waals surface area contributed by atoms with Crippen LogP contribution in [0.4, 0.5) is 0 Å². The lowest BCUT2D eigenvalue weighted by atomic mass is 9.75. The highest BCUT2D eigenvalue weighted by Crippen LogP contribution is 2.40. The topological polar surface area (TPSA) is 101 Å². The molecule has 0 aromatic carbocycles. The Bertz CT molecular complexity index is 552. The lowest BCUT2D eigenvalue weighted by Gasteiger charge is -2.38. The summed E-state index contributed by atoms with van der Waals surface area (Å²) >= 11 is 0. The second-order valence-corrected chi connectivity index (χ2v) is 8.47. The second-order valence-electron chi connectivity index (χ2n) is 6.55. The van der Waals surface area contributed by atoms with E-state index in [1.165, 1.54) is 7.11 Å². The first-order chi connectivity index (χ1) is 10.8. The number of carbonyl (C=O) groups excluding carboxylic acids is 1. The predicted octanol–water partition coefficient (Wildman–Crippen LogP) is 1.38. The minimum absolute atomic E-state index is 0.205. The minimum atomic E-state index is -3.84. The highest BCUT2D eigenvalue weighted by Gasteiger charge is 2.47. The quantitative estimate of drug-likeness (QED) is 0.754. The first-order valence-electron chi connectivity index (χ1n) is 8.13. The fourth-order valence-corrected chi connectivity index (χ4v) is 6.03. The highest BCUT2D eigenvalue weighted by atomic mass is 32.2. The number of methoxy groups -OCH3 is 1. The zero-order valence-electron chi connectivity index (χ0n) is 13.5. The van der Waals surface area contributed by atoms with Crippen LogP contribution in [0.1, 0.15) is 51.4 Å². The summed E-state index contributed by atoms with van der Waals surface area (Å²) in [6, 6.07) is -1.02. The van der Waals surface area contributed by atoms with Crippen LogP contribution in [-0.4, -0.2) is 55.2 Å². The molecule has 0 radical (unpaired) electrons. The first-order valence-corrected chi connectivity index (χ1v) is 9.74. The van der Waals surface area contributed by atoms with Gasteiger partial charge in [-0.05, 0) is 32.1 Å². The molecule has 0 bridgehead atoms. The van der Waals surface area contributed by atoms with Crippen LogP contribution in [0.25, 0.3) is 0 Å². The number of carbonyl (C=O) groups is 2. The molecule has 7 nitrogen and oxygen atoms in total. The Labute approximate surface area is 137 Å². The number of ether oxygens (including phenoxy) is 1. The highest BCUT2D eigenvalue weighted by molar-refractivity contribution is 7.89. The summed E-state index contributed by atoms with van der Waals surface area (Å²) in [5, 5.41) is 9.30. The van der Waals surface area contributed by atoms with Crippen LogP contribution in [0, 0.1) is 5.41 Å². The van der Waals surface area contributed by atoms with Gasteiger partial charge in [0.15, 0.2) is 0 Å². The number of hydrogen-bond donors (Lipinski definition) is 1. The molecule has 1 N–H and O–H groups in total. The van der Waals surface area contributed by atoms with Gasteiger partial charge >= 0.3 is 11.9 Å². The molecule has 0 spiro atoms. The van der Waals surface area contributed by atoms with E-state index >= 15 is 0 Å². The molecule has 1 saturated carbocycles. The Hall–Kier alpha value is -1.15. The van der Waals surface area contributed by atoms with Crippen LogP contribution in [0.3, 0.4) is 0 Å². The van der Waals surface area contributed by atoms with Crippen LogP contribution in [0.5, 0.6) is 0 Å². The zero-order chi connectivity index (χ0) is 17.1. The van der Waals surface area contributed by atoms with Crippen molar-refractivity contribution in [3.8, 4) is 0 Å². The van der Waals surface area contributed by atoms with Gasteiger partial charge in [-0.1, -0.05) is 19.3 Å². The van der Waals surface area contributed by atoms with Gasteiger partial charge in [0.1, 0.15) is 6.04 Å². The SMILES string of the molecule is COC(=O)C1(CS(=O)(=O)N2CCCCC2C(=O)O)CCCCC1. The van der Waals surface area contributed by atoms with Gasteiger partial charge in [-0.2, -0.15) is 4.31 Å². The number of carboxylic acids is 1. The van der Waals surface area contributed by atoms with E-state index in [-0.39, 0.29) is 12.3 Å². The van der Waals surface area contributed by atoms with E-state index in [1.54, 1.807) is 0 Å². The van der Waals surface area contributed by atoms with E-state index < -0.39 is 33.4 Å². The number of esters is 1. The van der Waals surface area contributed by atoms with Crippen LogP contribution < -0.4 is 0 Å². The molecular formula is C15H25NO6S. The average molecular weight is 347 g/mol. The first kappa shape index (κ1) is 18.2. The summed E-state index contributed by atoms with van der Waals surface area (Å²) in [5.41, 5.74) is -1.04. The molecule has 0 aromatic heterocycles. The van der Waals surface area contributed by atoms with Crippen molar-refractivity contribution in [1.82, 2.24) is 4.31 Å². The van der Waals surface area contributed by atoms with Gasteiger partial charge in [0.25, 0.3) is 0 Å². The molecule has 2 rings (SSSR count). The molecule has 1 saturated heterocycles. The monoisotopic (exact) mass is 347 g/mol. The van der Waals surface area contributed by atoms with E-state index in [9.17, 15) is 23.1 Å². The molecule has 132 valence electrons. The summed E-state index contributed by atoms with van der Waals surface area (Å²) in [6.07, 6.45) is 5.16. The Balaban J connectivity index is 2.26. The Kier molecular flexibility index (Phi) is 5.67. The van der Waals surface area contributed by atoms with Crippen molar-refractivity contribution >= 4 is 22.0 Å². The van der Waals surface area contributed by atoms with Crippen molar-refractivity contribution in [2.45, 2.75) is 57.4 Å². The number of aliphatic carboxylic acids is 1. The van der Waals surface area contributed by atoms with Gasteiger partial charge in [0.05, 0.1) is 18.3 Å². The van der Waals surface area contributed by atoms with Crippen LogP contribution in [0.15, 0.2) is 0 Å². The molecule has 1 unspecified atom stereocenters. The van der Waals surface area contributed by atoms with Crippen LogP contribution in [-0.2, 0) is 24.3 Å². The number of carboxylic acid groups (broad SMARTS) is 1. The fraction of sp³-hybridized carbons (Fsp3) is 0.867. The van der Waals surface area contributed by atoms with Gasteiger partial charge in [-0.25, -0.2) is 8.42 Å². The molecule has 8 heteroatoms. The third-order valence-electron chi connectivity index (χ3n) is 4.98. The average Bonchev–Trinajstić information content (AvgIpc) is 2.54. The Morgan fingerprint density at radius 2 is 1.83 bits per heavy atom. The van der Waals surface area contributed by atoms with Crippen molar-refractivity contribution in [3.05, 3.63) is 0 Å². The van der Waals surface area contributed by atoms with Gasteiger partial charge in [-0.3, -0.25) is 9.59 Å². The molecule has 2 aliphatic rings. The van der Waals surface area contributed by atoms with Gasteiger partial charge in [0.2, 0.25) is 10.0 Å². The molecule has 0 aromatic rings. The largest absolute Gasteiger partial charge is 0.480 e. The van der Waals surface area contributed by atoms with Crippen molar-refractivity contribution in [2.24, 2.45) is 5.41 Å². The van der Waals surface area contributed by atoms with E-state index in [0.717, 1.165) is 23.6 Å². The summed E-state index contributed by atoms with van der Waals surface area (Å²) in [7, 11) is -2.57. The third kappa shape index (κ3) is 3.85. The number of nitrogens with zero attached hydrogens (tertiary/aromatic N) is 1. The van der Waals surface area contributed by atoms with Gasteiger partial charge < -0.3 is 9.84 Å². The molecule has 2 fully saturated rings. The minimum Gasteiger partial charge on any atom is -0.480 e. The number of sulfonamides is 1. The van der Waals surface area contributed by atoms with E-state index in [0.29, 0.717) is 32.1 Å². The Morgan fingerprint density at radius 1 is 1.17 bits per heavy atom. The summed E-state index contributed by atoms with van der Waals surface area (Å²) in [4.78, 5) is 23.6. The van der Waals surface area contributed by atoms with E-state index in [2.05, 4.69) is 0 Å². The summed E-state index contributed by atoms with van der Waals surface area (Å²) in [5.74, 6) is -1.97. The molecule has 23 heavy (non-hydrogen) atoms. The fourth-order valence-electron chi connectivity index (χ4n) is 3.77. The van der Waals surface area contributed by atoms with Crippen LogP contribution >= 0.6 is 0 Å². The molecular weight excluding hydrogens is 322 g/mol. The molecule has 1 aliphatic carbocycles. The van der Waals surface area contributed by atoms with Gasteiger partial charge in [-0.15, -0.1) is 0 Å². The lowest BCUT2D eigenvalue weighted by molar-refractivity contribution is -0.153. The molecule has 1 heterocycles. The molecule has 1 atom stereocenters. The second kappa shape index (κ2) is 7.17. The smallest absolute Gasteiger partial charge is 0.322 e. The normalized spacial score (nSPS) is 25.7. The molecule has 1 aliphatic heterocycles. The number of rotatable bonds is 5. The van der Waals surface area contributed by atoms with E-state index in [1.807, 2.05) is 0 Å². The number of hydrogen-bond acceptors (Lipinski definition) is 5. The maximum atomic E-state index is 12.8. The predicted molar refractivity (Wildman–Crippen MR) is 83.3 cm³/mol. The standard InChI is InChI=1S/C15H25NO6S/c1-22-14(19)15(8-4-2-5-9-15)11-23(20,21)16-10-6-3-7-12(16)13(17)18/h12H,2-11H2,1H3,(H,17,18). The van der Waals surface area contributed by atoms with Crippen molar-refractivity contribution in [1.29, 1.82) is 0 Å². The van der Waals surface area contributed by atoms with E-state index in [4.69, 9.17) is 4.74 Å². The third-order valence-corrected chi connectivity index (χ3v) is 7.05. The van der Waals surface area contributed by atoms with Crippen molar-refractivity contribution < 1.29 is 27.9 Å². The molecule has 0 amide bonds. The lowest BCUT2D eigenvalue weighted by Crippen LogP contribution is -2.52. The van der Waals surface area contributed by atoms with Crippen molar-refractivity contribution in [2.75, 3.05) is 19.4 Å². The maximum absolute atomic E-state index is 12.8. The summed E-state index contributed by atoms with van der Waals surface area (Å²) < 4.78 is 31.6. The maximum Gasteiger partial charge on any atom is 0.322 e. The van der Waals surface area contributed by atoms with Crippen LogP contribution in [0.2, 0.25) is 0 Å². The Morgan fingerprint density at radius 3 is 2.39 bits per heavy atom. The zero-order valence-corrected chi connectivity index (χ0v) is 14.3. The number of piperidine rings is 1. The van der Waals surface area contributed by atoms with Crippen molar-refractivity contribution in [3.63, 3.8) is 0 Å². The summed E-state index contributed by atoms with van der Waals surface area (Å²) in [6.45, 7) is 0.205. The van der Waals surface area contributed by atoms with Gasteiger partial charge in [0, 0.05) is 6.54 Å².